The van der Waals surface area contributed by atoms with Gasteiger partial charge in [0.15, 0.2) is 0 Å². The number of fused-ring (bicyclic) bond motifs is 1. The van der Waals surface area contributed by atoms with Crippen molar-refractivity contribution < 1.29 is 18.8 Å². The normalized spacial score (nSPS) is 32.5. The van der Waals surface area contributed by atoms with E-state index >= 15 is 4.39 Å². The molecule has 1 aromatic heterocycles. The van der Waals surface area contributed by atoms with Crippen LogP contribution in [0.4, 0.5) is 4.39 Å². The molecular weight excluding hydrogens is 568 g/mol. The highest BCUT2D eigenvalue weighted by molar-refractivity contribution is 9.10. The van der Waals surface area contributed by atoms with Crippen LogP contribution in [0.1, 0.15) is 61.3 Å². The van der Waals surface area contributed by atoms with Gasteiger partial charge in [0, 0.05) is 32.5 Å². The minimum Gasteiger partial charge on any atom is -0.384 e. The fourth-order valence-electron chi connectivity index (χ4n) is 7.22. The Balaban J connectivity index is 1.16. The molecule has 4 fully saturated rings. The van der Waals surface area contributed by atoms with E-state index < -0.39 is 5.60 Å². The molecule has 1 unspecified atom stereocenters. The fourth-order valence-corrected chi connectivity index (χ4v) is 8.13. The Morgan fingerprint density at radius 2 is 1.89 bits per heavy atom. The Morgan fingerprint density at radius 3 is 2.58 bits per heavy atom. The third kappa shape index (κ3) is 3.41. The van der Waals surface area contributed by atoms with Gasteiger partial charge in [-0.1, -0.05) is 56.4 Å². The molecule has 8 heteroatoms. The molecule has 3 aromatic rings. The molecule has 0 aliphatic heterocycles. The number of hydrogen-bond donors (Lipinski definition) is 1. The lowest BCUT2D eigenvalue weighted by molar-refractivity contribution is -0.140. The summed E-state index contributed by atoms with van der Waals surface area (Å²) in [6, 6.07) is 10.4. The van der Waals surface area contributed by atoms with Crippen LogP contribution in [0.3, 0.4) is 0 Å². The summed E-state index contributed by atoms with van der Waals surface area (Å²) < 4.78 is 28.0. The number of nitrogens with zero attached hydrogens (tertiary/aromatic N) is 1. The van der Waals surface area contributed by atoms with E-state index in [1.54, 1.807) is 18.2 Å². The molecule has 0 saturated heterocycles. The number of rotatable bonds is 6. The van der Waals surface area contributed by atoms with Crippen LogP contribution in [0.5, 0.6) is 0 Å². The number of halogens is 4. The number of benzene rings is 2. The van der Waals surface area contributed by atoms with Crippen LogP contribution in [0, 0.1) is 23.1 Å². The second-order valence-electron chi connectivity index (χ2n) is 11.0. The smallest absolute Gasteiger partial charge is 0.145 e. The zero-order valence-electron chi connectivity index (χ0n) is 19.4. The van der Waals surface area contributed by atoms with Crippen molar-refractivity contribution in [2.24, 2.45) is 17.3 Å². The van der Waals surface area contributed by atoms with Crippen LogP contribution in [0.25, 0.3) is 11.3 Å². The Kier molecular flexibility index (Phi) is 5.44. The molecule has 1 spiro atoms. The van der Waals surface area contributed by atoms with E-state index in [-0.39, 0.29) is 23.3 Å². The van der Waals surface area contributed by atoms with E-state index in [9.17, 15) is 5.11 Å². The van der Waals surface area contributed by atoms with Crippen molar-refractivity contribution in [1.82, 2.24) is 5.16 Å². The molecule has 1 N–H and O–H groups in total. The standard InChI is InChI=1S/C28H25BrCl2FNO3/c29-17-6-7-20(23(32)10-17)28(34)15-8-16-11-27(16,28)12-18(9-15)35-13-19-25(33-36-26(19)14-4-5-14)24-21(30)2-1-3-22(24)31/h1-3,6-7,10,14-16,18,34H,4-5,8-9,11-13H2/t15-,16?,18-,27+,28-/m1/s1. The third-order valence-corrected chi connectivity index (χ3v) is 10.2. The van der Waals surface area contributed by atoms with E-state index in [0.717, 1.165) is 37.0 Å². The maximum Gasteiger partial charge on any atom is 0.145 e. The van der Waals surface area contributed by atoms with Gasteiger partial charge in [-0.25, -0.2) is 4.39 Å². The molecule has 7 rings (SSSR count). The van der Waals surface area contributed by atoms with Crippen molar-refractivity contribution in [3.8, 4) is 11.3 Å². The molecule has 0 amide bonds. The number of hydrogen-bond acceptors (Lipinski definition) is 4. The Bertz CT molecular complexity index is 1360. The van der Waals surface area contributed by atoms with Crippen molar-refractivity contribution in [3.05, 3.63) is 73.6 Å². The average Bonchev–Trinajstić information content (AvgIpc) is 3.73. The highest BCUT2D eigenvalue weighted by atomic mass is 79.9. The lowest BCUT2D eigenvalue weighted by Gasteiger charge is -2.46. The molecule has 0 radical (unpaired) electrons. The molecule has 1 heterocycles. The molecule has 5 atom stereocenters. The van der Waals surface area contributed by atoms with Gasteiger partial charge in [-0.05, 0) is 74.6 Å². The van der Waals surface area contributed by atoms with E-state index in [1.165, 1.54) is 6.07 Å². The molecule has 4 saturated carbocycles. The predicted octanol–water partition coefficient (Wildman–Crippen LogP) is 8.02. The van der Waals surface area contributed by atoms with Gasteiger partial charge in [0.2, 0.25) is 0 Å². The van der Waals surface area contributed by atoms with Crippen LogP contribution >= 0.6 is 39.1 Å². The summed E-state index contributed by atoms with van der Waals surface area (Å²) in [6.45, 7) is 0.343. The molecule has 188 valence electrons. The molecule has 2 aromatic carbocycles. The summed E-state index contributed by atoms with van der Waals surface area (Å²) in [7, 11) is 0. The van der Waals surface area contributed by atoms with E-state index in [0.29, 0.717) is 62.6 Å². The first kappa shape index (κ1) is 23.7. The van der Waals surface area contributed by atoms with Crippen molar-refractivity contribution >= 4 is 39.1 Å². The highest BCUT2D eigenvalue weighted by Gasteiger charge is 2.77. The second-order valence-corrected chi connectivity index (χ2v) is 12.7. The number of aliphatic hydroxyl groups is 1. The van der Waals surface area contributed by atoms with Gasteiger partial charge in [0.25, 0.3) is 0 Å². The van der Waals surface area contributed by atoms with Crippen molar-refractivity contribution in [1.29, 1.82) is 0 Å². The largest absolute Gasteiger partial charge is 0.384 e. The minimum atomic E-state index is -1.14. The van der Waals surface area contributed by atoms with Gasteiger partial charge < -0.3 is 14.4 Å². The minimum absolute atomic E-state index is 0.0298. The average molecular weight is 593 g/mol. The molecular formula is C28H25BrCl2FNO3. The summed E-state index contributed by atoms with van der Waals surface area (Å²) in [4.78, 5) is 0. The van der Waals surface area contributed by atoms with E-state index in [2.05, 4.69) is 21.1 Å². The highest BCUT2D eigenvalue weighted by Crippen LogP contribution is 2.78. The first-order chi connectivity index (χ1) is 17.3. The van der Waals surface area contributed by atoms with Crippen LogP contribution in [-0.2, 0) is 16.9 Å². The molecule has 4 aliphatic rings. The lowest BCUT2D eigenvalue weighted by atomic mass is 9.65. The summed E-state index contributed by atoms with van der Waals surface area (Å²) in [5, 5.41) is 17.4. The van der Waals surface area contributed by atoms with Gasteiger partial charge in [-0.2, -0.15) is 0 Å². The number of ether oxygens (including phenoxy) is 1. The SMILES string of the molecule is O[C@@]1(c2ccc(Br)cc2F)[C@@H]2CC3C[C@]31C[C@H](OCc1c(-c3c(Cl)cccc3Cl)noc1C1CC1)C2. The van der Waals surface area contributed by atoms with E-state index in [1.807, 2.05) is 12.1 Å². The van der Waals surface area contributed by atoms with Gasteiger partial charge in [-0.3, -0.25) is 0 Å². The quantitative estimate of drug-likeness (QED) is 0.315. The Hall–Kier alpha value is -1.44. The topological polar surface area (TPSA) is 55.5 Å². The zero-order chi connectivity index (χ0) is 24.8. The molecule has 4 nitrogen and oxygen atoms in total. The first-order valence-corrected chi connectivity index (χ1v) is 14.1. The van der Waals surface area contributed by atoms with Crippen molar-refractivity contribution in [2.45, 2.75) is 62.8 Å². The van der Waals surface area contributed by atoms with Gasteiger partial charge in [0.05, 0.1) is 22.8 Å². The van der Waals surface area contributed by atoms with E-state index in [4.69, 9.17) is 32.5 Å². The predicted molar refractivity (Wildman–Crippen MR) is 138 cm³/mol. The Labute approximate surface area is 227 Å². The van der Waals surface area contributed by atoms with Gasteiger partial charge in [-0.15, -0.1) is 0 Å². The van der Waals surface area contributed by atoms with Crippen LogP contribution in [0.15, 0.2) is 45.4 Å². The maximum absolute atomic E-state index is 15.0. The van der Waals surface area contributed by atoms with Crippen LogP contribution in [0.2, 0.25) is 10.0 Å². The first-order valence-electron chi connectivity index (χ1n) is 12.5. The summed E-state index contributed by atoms with van der Waals surface area (Å²) in [6.07, 6.45) is 5.34. The van der Waals surface area contributed by atoms with Crippen LogP contribution in [-0.4, -0.2) is 16.4 Å². The van der Waals surface area contributed by atoms with Crippen molar-refractivity contribution in [3.63, 3.8) is 0 Å². The lowest BCUT2D eigenvalue weighted by Crippen LogP contribution is -2.48. The summed E-state index contributed by atoms with van der Waals surface area (Å²) >= 11 is 16.3. The second kappa shape index (κ2) is 8.28. The molecule has 36 heavy (non-hydrogen) atoms. The van der Waals surface area contributed by atoms with Gasteiger partial charge >= 0.3 is 0 Å². The number of aromatic nitrogens is 1. The Morgan fingerprint density at radius 1 is 1.11 bits per heavy atom. The molecule has 2 bridgehead atoms. The summed E-state index contributed by atoms with van der Waals surface area (Å²) in [5.41, 5.74) is 1.18. The third-order valence-electron chi connectivity index (χ3n) is 9.06. The fraction of sp³-hybridized carbons (Fsp3) is 0.464. The monoisotopic (exact) mass is 591 g/mol. The molecule has 4 aliphatic carbocycles. The summed E-state index contributed by atoms with van der Waals surface area (Å²) in [5.74, 6) is 1.25. The van der Waals surface area contributed by atoms with Crippen LogP contribution < -0.4 is 0 Å². The van der Waals surface area contributed by atoms with Gasteiger partial charge in [0.1, 0.15) is 22.9 Å². The van der Waals surface area contributed by atoms with Crippen molar-refractivity contribution in [2.75, 3.05) is 0 Å². The maximum atomic E-state index is 15.0. The zero-order valence-corrected chi connectivity index (χ0v) is 22.5.